The Balaban J connectivity index is 1.44. The molecular formula is C18H27N3O2. The van der Waals surface area contributed by atoms with Crippen LogP contribution in [0, 0.1) is 5.92 Å². The zero-order chi connectivity index (χ0) is 16.1. The molecule has 5 nitrogen and oxygen atoms in total. The Kier molecular flexibility index (Phi) is 5.47. The number of nitrogens with zero attached hydrogens (tertiary/aromatic N) is 2. The maximum absolute atomic E-state index is 12.1. The van der Waals surface area contributed by atoms with Crippen molar-refractivity contribution < 1.29 is 4.79 Å². The highest BCUT2D eigenvalue weighted by atomic mass is 16.1. The van der Waals surface area contributed by atoms with E-state index in [2.05, 4.69) is 10.4 Å². The molecule has 1 N–H and O–H groups in total. The van der Waals surface area contributed by atoms with Crippen LogP contribution >= 0.6 is 0 Å². The minimum atomic E-state index is -0.0501. The molecule has 1 aromatic rings. The lowest BCUT2D eigenvalue weighted by atomic mass is 9.97. The van der Waals surface area contributed by atoms with Gasteiger partial charge in [-0.05, 0) is 43.6 Å². The van der Waals surface area contributed by atoms with E-state index in [1.165, 1.54) is 30.4 Å². The summed E-state index contributed by atoms with van der Waals surface area (Å²) in [4.78, 5) is 23.9. The molecule has 1 fully saturated rings. The van der Waals surface area contributed by atoms with E-state index in [-0.39, 0.29) is 11.5 Å². The number of hydrogen-bond acceptors (Lipinski definition) is 3. The minimum absolute atomic E-state index is 0.0501. The summed E-state index contributed by atoms with van der Waals surface area (Å²) in [5, 5.41) is 7.40. The van der Waals surface area contributed by atoms with E-state index < -0.39 is 0 Å². The van der Waals surface area contributed by atoms with Crippen molar-refractivity contribution in [3.63, 3.8) is 0 Å². The first-order valence-electron chi connectivity index (χ1n) is 9.09. The standard InChI is InChI=1S/C18H27N3O2/c22-17(10-9-14-5-1-2-6-14)19-11-12-21-18(23)13-15-7-3-4-8-16(15)20-21/h13-14H,1-12H2,(H,19,22). The molecule has 0 aliphatic heterocycles. The van der Waals surface area contributed by atoms with E-state index in [0.717, 1.165) is 49.3 Å². The molecule has 0 saturated heterocycles. The average molecular weight is 317 g/mol. The van der Waals surface area contributed by atoms with Gasteiger partial charge in [0.1, 0.15) is 0 Å². The van der Waals surface area contributed by atoms with Crippen LogP contribution in [0.5, 0.6) is 0 Å². The van der Waals surface area contributed by atoms with Gasteiger partial charge in [0.05, 0.1) is 12.2 Å². The van der Waals surface area contributed by atoms with Crippen LogP contribution in [-0.2, 0) is 24.2 Å². The van der Waals surface area contributed by atoms with Gasteiger partial charge in [-0.25, -0.2) is 4.68 Å². The monoisotopic (exact) mass is 317 g/mol. The van der Waals surface area contributed by atoms with E-state index in [1.54, 1.807) is 6.07 Å². The van der Waals surface area contributed by atoms with Crippen LogP contribution in [0.3, 0.4) is 0 Å². The quantitative estimate of drug-likeness (QED) is 0.875. The number of carbonyl (C=O) groups excluding carboxylic acids is 1. The van der Waals surface area contributed by atoms with Crippen molar-refractivity contribution in [3.8, 4) is 0 Å². The molecule has 0 bridgehead atoms. The van der Waals surface area contributed by atoms with E-state index >= 15 is 0 Å². The summed E-state index contributed by atoms with van der Waals surface area (Å²) in [5.74, 6) is 0.841. The summed E-state index contributed by atoms with van der Waals surface area (Å²) < 4.78 is 1.50. The molecule has 126 valence electrons. The van der Waals surface area contributed by atoms with E-state index in [0.29, 0.717) is 19.5 Å². The van der Waals surface area contributed by atoms with Crippen molar-refractivity contribution in [1.82, 2.24) is 15.1 Å². The van der Waals surface area contributed by atoms with Crippen molar-refractivity contribution in [3.05, 3.63) is 27.7 Å². The molecule has 3 rings (SSSR count). The van der Waals surface area contributed by atoms with Gasteiger partial charge in [-0.15, -0.1) is 0 Å². The third-order valence-corrected chi connectivity index (χ3v) is 5.17. The number of fused-ring (bicyclic) bond motifs is 1. The molecular weight excluding hydrogens is 290 g/mol. The van der Waals surface area contributed by atoms with Gasteiger partial charge in [0, 0.05) is 19.0 Å². The normalized spacial score (nSPS) is 17.9. The van der Waals surface area contributed by atoms with E-state index in [1.807, 2.05) is 0 Å². The first-order chi connectivity index (χ1) is 11.2. The molecule has 0 unspecified atom stereocenters. The fourth-order valence-electron chi connectivity index (χ4n) is 3.79. The van der Waals surface area contributed by atoms with Gasteiger partial charge in [-0.2, -0.15) is 5.10 Å². The molecule has 5 heteroatoms. The Morgan fingerprint density at radius 1 is 1.22 bits per heavy atom. The lowest BCUT2D eigenvalue weighted by molar-refractivity contribution is -0.121. The Morgan fingerprint density at radius 2 is 2.00 bits per heavy atom. The van der Waals surface area contributed by atoms with Crippen LogP contribution < -0.4 is 10.9 Å². The third kappa shape index (κ3) is 4.43. The highest BCUT2D eigenvalue weighted by molar-refractivity contribution is 5.75. The molecule has 2 aliphatic carbocycles. The number of aromatic nitrogens is 2. The second-order valence-corrected chi connectivity index (χ2v) is 6.92. The Bertz CT molecular complexity index is 603. The fraction of sp³-hybridized carbons (Fsp3) is 0.722. The largest absolute Gasteiger partial charge is 0.354 e. The summed E-state index contributed by atoms with van der Waals surface area (Å²) in [7, 11) is 0. The zero-order valence-electron chi connectivity index (χ0n) is 13.9. The van der Waals surface area contributed by atoms with Crippen molar-refractivity contribution in [2.24, 2.45) is 5.92 Å². The molecule has 1 saturated carbocycles. The summed E-state index contributed by atoms with van der Waals surface area (Å²) >= 11 is 0. The van der Waals surface area contributed by atoms with E-state index in [4.69, 9.17) is 0 Å². The van der Waals surface area contributed by atoms with Gasteiger partial charge in [0.15, 0.2) is 0 Å². The molecule has 2 aliphatic rings. The third-order valence-electron chi connectivity index (χ3n) is 5.17. The Hall–Kier alpha value is -1.65. The molecule has 0 aromatic carbocycles. The van der Waals surface area contributed by atoms with Crippen LogP contribution in [-0.4, -0.2) is 22.2 Å². The van der Waals surface area contributed by atoms with Crippen LogP contribution in [0.15, 0.2) is 10.9 Å². The van der Waals surface area contributed by atoms with Crippen molar-refractivity contribution in [2.75, 3.05) is 6.54 Å². The van der Waals surface area contributed by atoms with Gasteiger partial charge < -0.3 is 5.32 Å². The summed E-state index contributed by atoms with van der Waals surface area (Å²) in [6, 6.07) is 1.73. The van der Waals surface area contributed by atoms with Crippen LogP contribution in [0.25, 0.3) is 0 Å². The lowest BCUT2D eigenvalue weighted by Crippen LogP contribution is -2.33. The van der Waals surface area contributed by atoms with Crippen molar-refractivity contribution in [1.29, 1.82) is 0 Å². The number of carbonyl (C=O) groups is 1. The Morgan fingerprint density at radius 3 is 2.83 bits per heavy atom. The highest BCUT2D eigenvalue weighted by Gasteiger charge is 2.16. The minimum Gasteiger partial charge on any atom is -0.354 e. The maximum atomic E-state index is 12.1. The molecule has 0 spiro atoms. The van der Waals surface area contributed by atoms with Crippen molar-refractivity contribution in [2.45, 2.75) is 70.8 Å². The van der Waals surface area contributed by atoms with Crippen LogP contribution in [0.1, 0.15) is 62.6 Å². The smallest absolute Gasteiger partial charge is 0.267 e. The van der Waals surface area contributed by atoms with Gasteiger partial charge >= 0.3 is 0 Å². The van der Waals surface area contributed by atoms with Crippen LogP contribution in [0.2, 0.25) is 0 Å². The molecule has 1 amide bonds. The molecule has 0 atom stereocenters. The summed E-state index contributed by atoms with van der Waals surface area (Å²) in [6.07, 6.45) is 11.0. The second kappa shape index (κ2) is 7.75. The topological polar surface area (TPSA) is 64.0 Å². The molecule has 1 heterocycles. The van der Waals surface area contributed by atoms with Gasteiger partial charge in [0.2, 0.25) is 5.91 Å². The number of hydrogen-bond donors (Lipinski definition) is 1. The van der Waals surface area contributed by atoms with Gasteiger partial charge in [-0.3, -0.25) is 9.59 Å². The highest BCUT2D eigenvalue weighted by Crippen LogP contribution is 2.28. The van der Waals surface area contributed by atoms with Crippen molar-refractivity contribution >= 4 is 5.91 Å². The van der Waals surface area contributed by atoms with Gasteiger partial charge in [-0.1, -0.05) is 25.7 Å². The average Bonchev–Trinajstić information content (AvgIpc) is 3.07. The lowest BCUT2D eigenvalue weighted by Gasteiger charge is -2.16. The number of rotatable bonds is 6. The number of aryl methyl sites for hydroxylation is 2. The molecule has 0 radical (unpaired) electrons. The SMILES string of the molecule is O=C(CCC1CCCC1)NCCn1nc2c(cc1=O)CCCC2. The zero-order valence-corrected chi connectivity index (χ0v) is 13.9. The Labute approximate surface area is 137 Å². The maximum Gasteiger partial charge on any atom is 0.267 e. The van der Waals surface area contributed by atoms with Gasteiger partial charge in [0.25, 0.3) is 5.56 Å². The van der Waals surface area contributed by atoms with Crippen LogP contribution in [0.4, 0.5) is 0 Å². The van der Waals surface area contributed by atoms with E-state index in [9.17, 15) is 9.59 Å². The summed E-state index contributed by atoms with van der Waals surface area (Å²) in [5.41, 5.74) is 2.12. The molecule has 23 heavy (non-hydrogen) atoms. The first kappa shape index (κ1) is 16.2. The fourth-order valence-corrected chi connectivity index (χ4v) is 3.79. The first-order valence-corrected chi connectivity index (χ1v) is 9.09. The predicted octanol–water partition coefficient (Wildman–Crippen LogP) is 2.21. The summed E-state index contributed by atoms with van der Waals surface area (Å²) in [6.45, 7) is 0.941. The second-order valence-electron chi connectivity index (χ2n) is 6.92. The number of nitrogens with one attached hydrogen (secondary N) is 1. The number of amides is 1. The predicted molar refractivity (Wildman–Crippen MR) is 89.3 cm³/mol. The molecule has 1 aromatic heterocycles.